The van der Waals surface area contributed by atoms with E-state index < -0.39 is 5.54 Å². The van der Waals surface area contributed by atoms with E-state index in [0.717, 1.165) is 28.2 Å². The monoisotopic (exact) mass is 337 g/mol. The molecular formula is C20H23N3O2. The van der Waals surface area contributed by atoms with Gasteiger partial charge in [-0.2, -0.15) is 0 Å². The molecule has 1 heterocycles. The standard InChI is InChI=1S/C20H23N3O2/c1-13-8-7-9-14(2)18(13)21-17(24)12-23-16-11-6-5-10-15(16)22-20(3,4)19(23)25/h5-11,22H,12H2,1-4H3,(H,21,24). The molecule has 25 heavy (non-hydrogen) atoms. The van der Waals surface area contributed by atoms with Gasteiger partial charge in [0.25, 0.3) is 5.91 Å². The molecule has 130 valence electrons. The molecule has 0 radical (unpaired) electrons. The number of fused-ring (bicyclic) bond motifs is 1. The van der Waals surface area contributed by atoms with Gasteiger partial charge in [-0.25, -0.2) is 0 Å². The molecule has 2 amide bonds. The summed E-state index contributed by atoms with van der Waals surface area (Å²) in [4.78, 5) is 27.0. The molecule has 0 aliphatic carbocycles. The van der Waals surface area contributed by atoms with E-state index in [2.05, 4.69) is 10.6 Å². The lowest BCUT2D eigenvalue weighted by molar-refractivity contribution is -0.124. The number of hydrogen-bond acceptors (Lipinski definition) is 3. The lowest BCUT2D eigenvalue weighted by atomic mass is 9.98. The Morgan fingerprint density at radius 2 is 1.72 bits per heavy atom. The smallest absolute Gasteiger partial charge is 0.252 e. The highest BCUT2D eigenvalue weighted by Crippen LogP contribution is 2.34. The van der Waals surface area contributed by atoms with Gasteiger partial charge in [0.2, 0.25) is 5.91 Å². The second-order valence-corrected chi connectivity index (χ2v) is 6.97. The summed E-state index contributed by atoms with van der Waals surface area (Å²) in [7, 11) is 0. The predicted molar refractivity (Wildman–Crippen MR) is 101 cm³/mol. The third kappa shape index (κ3) is 3.22. The summed E-state index contributed by atoms with van der Waals surface area (Å²) in [5.41, 5.74) is 3.63. The van der Waals surface area contributed by atoms with Crippen LogP contribution in [0.4, 0.5) is 17.1 Å². The van der Waals surface area contributed by atoms with E-state index in [1.54, 1.807) is 4.90 Å². The van der Waals surface area contributed by atoms with Gasteiger partial charge in [-0.15, -0.1) is 0 Å². The summed E-state index contributed by atoms with van der Waals surface area (Å²) in [6, 6.07) is 13.4. The van der Waals surface area contributed by atoms with E-state index in [0.29, 0.717) is 0 Å². The molecule has 0 saturated carbocycles. The highest BCUT2D eigenvalue weighted by Gasteiger charge is 2.39. The van der Waals surface area contributed by atoms with Crippen LogP contribution in [0.2, 0.25) is 0 Å². The Balaban J connectivity index is 1.86. The first-order valence-corrected chi connectivity index (χ1v) is 8.35. The molecule has 0 spiro atoms. The second-order valence-electron chi connectivity index (χ2n) is 6.97. The summed E-state index contributed by atoms with van der Waals surface area (Å²) in [5, 5.41) is 6.19. The van der Waals surface area contributed by atoms with Crippen molar-refractivity contribution < 1.29 is 9.59 Å². The number of carbonyl (C=O) groups is 2. The molecule has 0 fully saturated rings. The summed E-state index contributed by atoms with van der Waals surface area (Å²) in [5.74, 6) is -0.332. The number of nitrogens with one attached hydrogen (secondary N) is 2. The predicted octanol–water partition coefficient (Wildman–Crippen LogP) is 3.48. The van der Waals surface area contributed by atoms with Crippen LogP contribution in [0.3, 0.4) is 0 Å². The average Bonchev–Trinajstić information content (AvgIpc) is 2.55. The molecule has 0 atom stereocenters. The van der Waals surface area contributed by atoms with Crippen molar-refractivity contribution in [1.29, 1.82) is 0 Å². The van der Waals surface area contributed by atoms with Gasteiger partial charge in [0.05, 0.1) is 11.4 Å². The zero-order chi connectivity index (χ0) is 18.2. The molecular weight excluding hydrogens is 314 g/mol. The SMILES string of the molecule is Cc1cccc(C)c1NC(=O)CN1C(=O)C(C)(C)Nc2ccccc21. The van der Waals surface area contributed by atoms with Crippen molar-refractivity contribution in [3.05, 3.63) is 53.6 Å². The molecule has 2 aromatic carbocycles. The van der Waals surface area contributed by atoms with E-state index >= 15 is 0 Å². The molecule has 0 saturated heterocycles. The minimum absolute atomic E-state index is 0.0191. The second kappa shape index (κ2) is 6.24. The zero-order valence-electron chi connectivity index (χ0n) is 15.0. The van der Waals surface area contributed by atoms with Crippen LogP contribution >= 0.6 is 0 Å². The first-order valence-electron chi connectivity index (χ1n) is 8.35. The summed E-state index contributed by atoms with van der Waals surface area (Å²) in [6.07, 6.45) is 0. The van der Waals surface area contributed by atoms with Crippen LogP contribution in [0, 0.1) is 13.8 Å². The van der Waals surface area contributed by atoms with E-state index in [1.807, 2.05) is 70.2 Å². The fourth-order valence-corrected chi connectivity index (χ4v) is 3.14. The largest absolute Gasteiger partial charge is 0.370 e. The van der Waals surface area contributed by atoms with Crippen LogP contribution < -0.4 is 15.5 Å². The summed E-state index contributed by atoms with van der Waals surface area (Å²) >= 11 is 0. The van der Waals surface area contributed by atoms with Gasteiger partial charge in [0.15, 0.2) is 0 Å². The van der Waals surface area contributed by atoms with Gasteiger partial charge in [0.1, 0.15) is 12.1 Å². The number of anilines is 3. The lowest BCUT2D eigenvalue weighted by Gasteiger charge is -2.39. The Labute approximate surface area is 148 Å². The number of hydrogen-bond donors (Lipinski definition) is 2. The number of aryl methyl sites for hydroxylation is 2. The van der Waals surface area contributed by atoms with Gasteiger partial charge < -0.3 is 10.6 Å². The van der Waals surface area contributed by atoms with Gasteiger partial charge in [-0.3, -0.25) is 14.5 Å². The van der Waals surface area contributed by atoms with E-state index in [4.69, 9.17) is 0 Å². The maximum Gasteiger partial charge on any atom is 0.252 e. The topological polar surface area (TPSA) is 61.4 Å². The molecule has 1 aliphatic heterocycles. The highest BCUT2D eigenvalue weighted by atomic mass is 16.2. The van der Waals surface area contributed by atoms with Crippen molar-refractivity contribution in [2.45, 2.75) is 33.2 Å². The van der Waals surface area contributed by atoms with Crippen LogP contribution in [-0.2, 0) is 9.59 Å². The molecule has 5 heteroatoms. The fourth-order valence-electron chi connectivity index (χ4n) is 3.14. The minimum Gasteiger partial charge on any atom is -0.370 e. The summed E-state index contributed by atoms with van der Waals surface area (Å²) < 4.78 is 0. The van der Waals surface area contributed by atoms with Crippen molar-refractivity contribution in [2.24, 2.45) is 0 Å². The third-order valence-electron chi connectivity index (χ3n) is 4.47. The number of carbonyl (C=O) groups excluding carboxylic acids is 2. The Hall–Kier alpha value is -2.82. The normalized spacial score (nSPS) is 15.4. The van der Waals surface area contributed by atoms with Crippen LogP contribution in [0.25, 0.3) is 0 Å². The Bertz CT molecular complexity index is 822. The maximum absolute atomic E-state index is 12.8. The van der Waals surface area contributed by atoms with Crippen LogP contribution in [0.5, 0.6) is 0 Å². The van der Waals surface area contributed by atoms with E-state index in [-0.39, 0.29) is 18.4 Å². The molecule has 1 aliphatic rings. The molecule has 0 bridgehead atoms. The molecule has 3 rings (SSSR count). The van der Waals surface area contributed by atoms with Gasteiger partial charge in [0, 0.05) is 5.69 Å². The lowest BCUT2D eigenvalue weighted by Crippen LogP contribution is -2.55. The maximum atomic E-state index is 12.8. The molecule has 0 aromatic heterocycles. The van der Waals surface area contributed by atoms with Crippen molar-refractivity contribution >= 4 is 28.9 Å². The average molecular weight is 337 g/mol. The summed E-state index contributed by atoms with van der Waals surface area (Å²) in [6.45, 7) is 7.53. The quantitative estimate of drug-likeness (QED) is 0.901. The Morgan fingerprint density at radius 3 is 2.40 bits per heavy atom. The van der Waals surface area contributed by atoms with Gasteiger partial charge in [-0.1, -0.05) is 30.3 Å². The minimum atomic E-state index is -0.757. The Kier molecular flexibility index (Phi) is 4.25. The van der Waals surface area contributed by atoms with Gasteiger partial charge in [-0.05, 0) is 51.0 Å². The number of nitrogens with zero attached hydrogens (tertiary/aromatic N) is 1. The molecule has 2 aromatic rings. The van der Waals surface area contributed by atoms with Crippen molar-refractivity contribution in [1.82, 2.24) is 0 Å². The number of para-hydroxylation sites is 3. The molecule has 5 nitrogen and oxygen atoms in total. The van der Waals surface area contributed by atoms with Crippen LogP contribution in [-0.4, -0.2) is 23.9 Å². The third-order valence-corrected chi connectivity index (χ3v) is 4.47. The first-order chi connectivity index (χ1) is 11.8. The van der Waals surface area contributed by atoms with Crippen molar-refractivity contribution in [2.75, 3.05) is 22.1 Å². The van der Waals surface area contributed by atoms with Gasteiger partial charge >= 0.3 is 0 Å². The van der Waals surface area contributed by atoms with E-state index in [9.17, 15) is 9.59 Å². The van der Waals surface area contributed by atoms with Crippen LogP contribution in [0.15, 0.2) is 42.5 Å². The number of rotatable bonds is 3. The van der Waals surface area contributed by atoms with Crippen molar-refractivity contribution in [3.63, 3.8) is 0 Å². The first kappa shape index (κ1) is 17.0. The van der Waals surface area contributed by atoms with Crippen molar-refractivity contribution in [3.8, 4) is 0 Å². The Morgan fingerprint density at radius 1 is 1.08 bits per heavy atom. The highest BCUT2D eigenvalue weighted by molar-refractivity contribution is 6.11. The molecule has 0 unspecified atom stereocenters. The van der Waals surface area contributed by atoms with Crippen LogP contribution in [0.1, 0.15) is 25.0 Å². The number of amides is 2. The zero-order valence-corrected chi connectivity index (χ0v) is 15.0. The fraction of sp³-hybridized carbons (Fsp3) is 0.300. The van der Waals surface area contributed by atoms with E-state index in [1.165, 1.54) is 0 Å². The molecule has 2 N–H and O–H groups in total. The number of benzene rings is 2.